The Morgan fingerprint density at radius 1 is 1.28 bits per heavy atom. The lowest BCUT2D eigenvalue weighted by atomic mass is 10.0. The Labute approximate surface area is 109 Å². The van der Waals surface area contributed by atoms with Crippen LogP contribution < -0.4 is 0 Å². The van der Waals surface area contributed by atoms with E-state index >= 15 is 0 Å². The van der Waals surface area contributed by atoms with E-state index in [1.54, 1.807) is 0 Å². The van der Waals surface area contributed by atoms with Crippen molar-refractivity contribution in [2.75, 3.05) is 7.11 Å². The number of carbonyl (C=O) groups excluding carboxylic acids is 1. The van der Waals surface area contributed by atoms with Crippen molar-refractivity contribution in [3.63, 3.8) is 0 Å². The molecule has 2 unspecified atom stereocenters. The van der Waals surface area contributed by atoms with Gasteiger partial charge in [0.25, 0.3) is 0 Å². The number of hydrogen-bond donors (Lipinski definition) is 0. The number of rotatable bonds is 3. The number of carbonyl (C=O) groups is 1. The van der Waals surface area contributed by atoms with Gasteiger partial charge in [0.2, 0.25) is 0 Å². The molecule has 0 spiro atoms. The molecule has 1 aromatic carbocycles. The van der Waals surface area contributed by atoms with E-state index in [2.05, 4.69) is 39.0 Å². The van der Waals surface area contributed by atoms with E-state index in [9.17, 15) is 4.79 Å². The van der Waals surface area contributed by atoms with Crippen LogP contribution in [-0.4, -0.2) is 13.1 Å². The molecule has 0 N–H and O–H groups in total. The Morgan fingerprint density at radius 3 is 2.44 bits per heavy atom. The average molecular weight is 244 g/mol. The highest BCUT2D eigenvalue weighted by Gasteiger charge is 2.61. The zero-order valence-electron chi connectivity index (χ0n) is 11.4. The average Bonchev–Trinajstić information content (AvgIpc) is 2.91. The predicted octanol–water partition coefficient (Wildman–Crippen LogP) is 3.54. The van der Waals surface area contributed by atoms with Crippen molar-refractivity contribution in [2.45, 2.75) is 20.8 Å². The number of hydrogen-bond acceptors (Lipinski definition) is 2. The van der Waals surface area contributed by atoms with Crippen molar-refractivity contribution in [3.05, 3.63) is 42.0 Å². The quantitative estimate of drug-likeness (QED) is 0.760. The van der Waals surface area contributed by atoms with Crippen LogP contribution in [0.2, 0.25) is 0 Å². The molecule has 1 aliphatic rings. The van der Waals surface area contributed by atoms with Gasteiger partial charge in [-0.1, -0.05) is 50.3 Å². The van der Waals surface area contributed by atoms with Gasteiger partial charge in [0.1, 0.15) is 0 Å². The van der Waals surface area contributed by atoms with E-state index in [4.69, 9.17) is 4.74 Å². The fourth-order valence-electron chi connectivity index (χ4n) is 2.63. The van der Waals surface area contributed by atoms with E-state index in [1.807, 2.05) is 18.2 Å². The van der Waals surface area contributed by atoms with E-state index in [1.165, 1.54) is 18.2 Å². The van der Waals surface area contributed by atoms with Gasteiger partial charge in [-0.3, -0.25) is 4.79 Å². The zero-order chi connectivity index (χ0) is 13.3. The minimum absolute atomic E-state index is 0.00108. The maximum Gasteiger partial charge on any atom is 0.309 e. The number of ether oxygens (including phenoxy) is 1. The molecule has 0 amide bonds. The fraction of sp³-hybridized carbons (Fsp3) is 0.438. The summed E-state index contributed by atoms with van der Waals surface area (Å²) >= 11 is 0. The maximum atomic E-state index is 11.7. The number of allylic oxidation sites excluding steroid dienone is 2. The fourth-order valence-corrected chi connectivity index (χ4v) is 2.63. The molecule has 1 fully saturated rings. The Balaban J connectivity index is 2.18. The smallest absolute Gasteiger partial charge is 0.309 e. The standard InChI is InChI=1S/C16H20O2/c1-11(12-8-6-5-7-9-12)10-13-14(15(17)18-4)16(13,2)3/h5-10,13-14H,1-4H3. The number of benzene rings is 1. The molecule has 1 aliphatic carbocycles. The third-order valence-corrected chi connectivity index (χ3v) is 4.02. The summed E-state index contributed by atoms with van der Waals surface area (Å²) < 4.78 is 4.86. The first-order valence-electron chi connectivity index (χ1n) is 6.30. The Morgan fingerprint density at radius 2 is 1.89 bits per heavy atom. The summed E-state index contributed by atoms with van der Waals surface area (Å²) in [5.74, 6) is 0.188. The van der Waals surface area contributed by atoms with Gasteiger partial charge >= 0.3 is 5.97 Å². The van der Waals surface area contributed by atoms with Crippen molar-refractivity contribution in [1.29, 1.82) is 0 Å². The van der Waals surface area contributed by atoms with Gasteiger partial charge in [0.15, 0.2) is 0 Å². The maximum absolute atomic E-state index is 11.7. The molecule has 2 rings (SSSR count). The molecule has 1 aromatic rings. The van der Waals surface area contributed by atoms with Gasteiger partial charge in [0, 0.05) is 0 Å². The van der Waals surface area contributed by atoms with Crippen LogP contribution in [0.1, 0.15) is 26.3 Å². The third kappa shape index (κ3) is 2.20. The SMILES string of the molecule is COC(=O)C1C(C=C(C)c2ccccc2)C1(C)C. The number of esters is 1. The lowest BCUT2D eigenvalue weighted by Gasteiger charge is -2.02. The summed E-state index contributed by atoms with van der Waals surface area (Å²) in [6.07, 6.45) is 2.21. The van der Waals surface area contributed by atoms with Crippen molar-refractivity contribution >= 4 is 11.5 Å². The van der Waals surface area contributed by atoms with Crippen molar-refractivity contribution < 1.29 is 9.53 Å². The molecular formula is C16H20O2. The molecule has 0 aliphatic heterocycles. The first kappa shape index (κ1) is 12.9. The second kappa shape index (κ2) is 4.60. The van der Waals surface area contributed by atoms with Gasteiger partial charge in [-0.2, -0.15) is 0 Å². The summed E-state index contributed by atoms with van der Waals surface area (Å²) in [5, 5.41) is 0. The van der Waals surface area contributed by atoms with Crippen LogP contribution in [0, 0.1) is 17.3 Å². The summed E-state index contributed by atoms with van der Waals surface area (Å²) in [4.78, 5) is 11.7. The molecule has 96 valence electrons. The lowest BCUT2D eigenvalue weighted by molar-refractivity contribution is -0.143. The molecule has 1 saturated carbocycles. The van der Waals surface area contributed by atoms with E-state index in [0.29, 0.717) is 0 Å². The lowest BCUT2D eigenvalue weighted by Crippen LogP contribution is -2.07. The minimum Gasteiger partial charge on any atom is -0.469 e. The second-order valence-corrected chi connectivity index (χ2v) is 5.56. The highest BCUT2D eigenvalue weighted by Crippen LogP contribution is 2.60. The summed E-state index contributed by atoms with van der Waals surface area (Å²) in [6, 6.07) is 10.3. The normalized spacial score (nSPS) is 25.7. The minimum atomic E-state index is -0.0953. The first-order valence-corrected chi connectivity index (χ1v) is 6.30. The third-order valence-electron chi connectivity index (χ3n) is 4.02. The summed E-state index contributed by atoms with van der Waals surface area (Å²) in [6.45, 7) is 6.33. The topological polar surface area (TPSA) is 26.3 Å². The van der Waals surface area contributed by atoms with Gasteiger partial charge < -0.3 is 4.74 Å². The van der Waals surface area contributed by atoms with E-state index in [-0.39, 0.29) is 23.2 Å². The Hall–Kier alpha value is -1.57. The van der Waals surface area contributed by atoms with Gasteiger partial charge in [-0.25, -0.2) is 0 Å². The molecule has 2 atom stereocenters. The van der Waals surface area contributed by atoms with Crippen LogP contribution >= 0.6 is 0 Å². The number of methoxy groups -OCH3 is 1. The first-order chi connectivity index (χ1) is 8.48. The Kier molecular flexibility index (Phi) is 3.29. The van der Waals surface area contributed by atoms with E-state index < -0.39 is 0 Å². The summed E-state index contributed by atoms with van der Waals surface area (Å²) in [5.41, 5.74) is 2.45. The van der Waals surface area contributed by atoms with Gasteiger partial charge in [-0.05, 0) is 29.4 Å². The molecule has 0 heterocycles. The molecule has 2 heteroatoms. The highest BCUT2D eigenvalue weighted by molar-refractivity contribution is 5.79. The van der Waals surface area contributed by atoms with Gasteiger partial charge in [-0.15, -0.1) is 0 Å². The molecule has 0 radical (unpaired) electrons. The molecule has 0 saturated heterocycles. The molecule has 0 aromatic heterocycles. The second-order valence-electron chi connectivity index (χ2n) is 5.56. The van der Waals surface area contributed by atoms with Crippen molar-refractivity contribution in [3.8, 4) is 0 Å². The largest absolute Gasteiger partial charge is 0.469 e. The Bertz CT molecular complexity index is 471. The predicted molar refractivity (Wildman–Crippen MR) is 72.9 cm³/mol. The van der Waals surface area contributed by atoms with Crippen molar-refractivity contribution in [2.24, 2.45) is 17.3 Å². The van der Waals surface area contributed by atoms with Crippen LogP contribution in [0.15, 0.2) is 36.4 Å². The highest BCUT2D eigenvalue weighted by atomic mass is 16.5. The van der Waals surface area contributed by atoms with Crippen LogP contribution in [-0.2, 0) is 9.53 Å². The van der Waals surface area contributed by atoms with Crippen LogP contribution in [0.3, 0.4) is 0 Å². The summed E-state index contributed by atoms with van der Waals surface area (Å²) in [7, 11) is 1.46. The van der Waals surface area contributed by atoms with E-state index in [0.717, 1.165) is 0 Å². The van der Waals surface area contributed by atoms with Gasteiger partial charge in [0.05, 0.1) is 13.0 Å². The molecule has 0 bridgehead atoms. The van der Waals surface area contributed by atoms with Crippen LogP contribution in [0.25, 0.3) is 5.57 Å². The van der Waals surface area contributed by atoms with Crippen LogP contribution in [0.5, 0.6) is 0 Å². The molecule has 2 nitrogen and oxygen atoms in total. The molecular weight excluding hydrogens is 224 g/mol. The zero-order valence-corrected chi connectivity index (χ0v) is 11.4. The monoisotopic (exact) mass is 244 g/mol. The van der Waals surface area contributed by atoms with Crippen molar-refractivity contribution in [1.82, 2.24) is 0 Å². The molecule has 18 heavy (non-hydrogen) atoms. The van der Waals surface area contributed by atoms with Crippen LogP contribution in [0.4, 0.5) is 0 Å².